The summed E-state index contributed by atoms with van der Waals surface area (Å²) in [6.45, 7) is 4.27. The van der Waals surface area contributed by atoms with Crippen LogP contribution in [0.5, 0.6) is 0 Å². The van der Waals surface area contributed by atoms with Gasteiger partial charge in [0.05, 0.1) is 19.1 Å². The van der Waals surface area contributed by atoms with E-state index < -0.39 is 5.97 Å². The van der Waals surface area contributed by atoms with Crippen molar-refractivity contribution in [3.63, 3.8) is 0 Å². The van der Waals surface area contributed by atoms with Crippen LogP contribution in [-0.2, 0) is 14.3 Å². The van der Waals surface area contributed by atoms with Crippen LogP contribution in [0, 0.1) is 5.92 Å². The van der Waals surface area contributed by atoms with Crippen LogP contribution in [0.3, 0.4) is 0 Å². The number of hydrogen-bond donors (Lipinski definition) is 2. The Kier molecular flexibility index (Phi) is 6.80. The predicted molar refractivity (Wildman–Crippen MR) is 70.9 cm³/mol. The van der Waals surface area contributed by atoms with E-state index >= 15 is 0 Å². The number of carboxylic acid groups (broad SMARTS) is 1. The Bertz CT molecular complexity index is 301. The van der Waals surface area contributed by atoms with E-state index in [1.54, 1.807) is 0 Å². The number of carbonyl (C=O) groups is 2. The fourth-order valence-corrected chi connectivity index (χ4v) is 2.26. The fourth-order valence-electron chi connectivity index (χ4n) is 2.26. The van der Waals surface area contributed by atoms with Crippen molar-refractivity contribution in [3.8, 4) is 0 Å². The Morgan fingerprint density at radius 3 is 2.58 bits per heavy atom. The van der Waals surface area contributed by atoms with Crippen LogP contribution in [0.4, 0.5) is 0 Å². The first-order valence-corrected chi connectivity index (χ1v) is 6.81. The number of nitrogens with one attached hydrogen (secondary N) is 1. The highest BCUT2D eigenvalue weighted by atomic mass is 16.5. The van der Waals surface area contributed by atoms with Crippen LogP contribution < -0.4 is 5.32 Å². The molecule has 1 aliphatic rings. The lowest BCUT2D eigenvalue weighted by molar-refractivity contribution is -0.139. The molecule has 1 saturated heterocycles. The number of amides is 1. The van der Waals surface area contributed by atoms with Gasteiger partial charge in [0.2, 0.25) is 5.91 Å². The van der Waals surface area contributed by atoms with Gasteiger partial charge in [-0.2, -0.15) is 0 Å². The van der Waals surface area contributed by atoms with Crippen molar-refractivity contribution >= 4 is 11.9 Å². The Hall–Kier alpha value is -1.14. The lowest BCUT2D eigenvalue weighted by Gasteiger charge is -2.33. The third-order valence-corrected chi connectivity index (χ3v) is 3.36. The third-order valence-electron chi connectivity index (χ3n) is 3.36. The van der Waals surface area contributed by atoms with Crippen LogP contribution >= 0.6 is 0 Å². The topological polar surface area (TPSA) is 78.9 Å². The first-order valence-electron chi connectivity index (χ1n) is 6.81. The molecule has 0 aromatic rings. The maximum Gasteiger partial charge on any atom is 0.305 e. The molecule has 110 valence electrons. The Morgan fingerprint density at radius 2 is 2.05 bits per heavy atom. The molecule has 0 saturated carbocycles. The van der Waals surface area contributed by atoms with E-state index in [1.165, 1.54) is 0 Å². The first kappa shape index (κ1) is 15.9. The molecule has 2 N–H and O–H groups in total. The van der Waals surface area contributed by atoms with Crippen LogP contribution in [-0.4, -0.2) is 61.3 Å². The van der Waals surface area contributed by atoms with Gasteiger partial charge >= 0.3 is 5.97 Å². The van der Waals surface area contributed by atoms with Crippen molar-refractivity contribution in [1.29, 1.82) is 0 Å². The summed E-state index contributed by atoms with van der Waals surface area (Å²) in [5.74, 6) is -0.665. The molecule has 0 aromatic heterocycles. The lowest BCUT2D eigenvalue weighted by atomic mass is 10.0. The summed E-state index contributed by atoms with van der Waals surface area (Å²) >= 11 is 0. The molecule has 0 bridgehead atoms. The second-order valence-corrected chi connectivity index (χ2v) is 5.00. The Morgan fingerprint density at radius 1 is 1.42 bits per heavy atom. The average Bonchev–Trinajstić information content (AvgIpc) is 2.38. The van der Waals surface area contributed by atoms with E-state index in [1.807, 2.05) is 18.9 Å². The number of aliphatic carboxylic acids is 1. The minimum atomic E-state index is -0.839. The third kappa shape index (κ3) is 5.57. The van der Waals surface area contributed by atoms with E-state index in [2.05, 4.69) is 5.32 Å². The summed E-state index contributed by atoms with van der Waals surface area (Å²) in [6, 6.07) is 0. The number of carboxylic acids is 1. The van der Waals surface area contributed by atoms with Crippen molar-refractivity contribution in [2.45, 2.75) is 32.3 Å². The van der Waals surface area contributed by atoms with Gasteiger partial charge in [-0.3, -0.25) is 9.59 Å². The number of hydrogen-bond acceptors (Lipinski definition) is 4. The van der Waals surface area contributed by atoms with Crippen LogP contribution in [0.15, 0.2) is 0 Å². The molecule has 1 unspecified atom stereocenters. The summed E-state index contributed by atoms with van der Waals surface area (Å²) in [6.07, 6.45) is 1.70. The average molecular weight is 272 g/mol. The first-order chi connectivity index (χ1) is 9.04. The zero-order chi connectivity index (χ0) is 14.3. The van der Waals surface area contributed by atoms with Gasteiger partial charge in [0.1, 0.15) is 0 Å². The van der Waals surface area contributed by atoms with Crippen LogP contribution in [0.2, 0.25) is 0 Å². The monoisotopic (exact) mass is 272 g/mol. The highest BCUT2D eigenvalue weighted by molar-refractivity contribution is 5.78. The van der Waals surface area contributed by atoms with E-state index in [9.17, 15) is 9.59 Å². The van der Waals surface area contributed by atoms with Crippen LogP contribution in [0.1, 0.15) is 26.2 Å². The number of rotatable bonds is 7. The summed E-state index contributed by atoms with van der Waals surface area (Å²) in [7, 11) is 1.84. The van der Waals surface area contributed by atoms with Gasteiger partial charge in [0, 0.05) is 25.6 Å². The fraction of sp³-hybridized carbons (Fsp3) is 0.846. The number of likely N-dealkylation sites (tertiary alicyclic amines) is 1. The molecule has 0 spiro atoms. The van der Waals surface area contributed by atoms with Gasteiger partial charge in [0.25, 0.3) is 0 Å². The van der Waals surface area contributed by atoms with Gasteiger partial charge in [-0.05, 0) is 19.9 Å². The Labute approximate surface area is 114 Å². The number of piperidine rings is 1. The van der Waals surface area contributed by atoms with Gasteiger partial charge in [-0.15, -0.1) is 0 Å². The zero-order valence-corrected chi connectivity index (χ0v) is 11.7. The molecule has 0 aliphatic carbocycles. The molecular formula is C13H24N2O4. The molecule has 6 nitrogen and oxygen atoms in total. The minimum Gasteiger partial charge on any atom is -0.481 e. The molecule has 0 aromatic carbocycles. The molecule has 1 amide bonds. The molecule has 1 aliphatic heterocycles. The second kappa shape index (κ2) is 8.12. The van der Waals surface area contributed by atoms with E-state index in [0.29, 0.717) is 19.6 Å². The maximum atomic E-state index is 12.1. The zero-order valence-electron chi connectivity index (χ0n) is 11.7. The van der Waals surface area contributed by atoms with Crippen LogP contribution in [0.25, 0.3) is 0 Å². The SMILES string of the molecule is CNCC(C)C(=O)N1CCC(OCCC(=O)O)CC1. The summed E-state index contributed by atoms with van der Waals surface area (Å²) in [5, 5.41) is 11.5. The van der Waals surface area contributed by atoms with Crippen molar-refractivity contribution in [2.24, 2.45) is 5.92 Å². The van der Waals surface area contributed by atoms with Gasteiger partial charge in [-0.1, -0.05) is 6.92 Å². The maximum absolute atomic E-state index is 12.1. The van der Waals surface area contributed by atoms with Crippen molar-refractivity contribution < 1.29 is 19.4 Å². The highest BCUT2D eigenvalue weighted by Crippen LogP contribution is 2.16. The van der Waals surface area contributed by atoms with Gasteiger partial charge < -0.3 is 20.1 Å². The molecule has 6 heteroatoms. The molecule has 1 fully saturated rings. The molecule has 1 heterocycles. The largest absolute Gasteiger partial charge is 0.481 e. The summed E-state index contributed by atoms with van der Waals surface area (Å²) in [5.41, 5.74) is 0. The number of carbonyl (C=O) groups excluding carboxylic acids is 1. The smallest absolute Gasteiger partial charge is 0.305 e. The second-order valence-electron chi connectivity index (χ2n) is 5.00. The van der Waals surface area contributed by atoms with Crippen molar-refractivity contribution in [1.82, 2.24) is 10.2 Å². The van der Waals surface area contributed by atoms with Gasteiger partial charge in [0.15, 0.2) is 0 Å². The Balaban J connectivity index is 2.24. The minimum absolute atomic E-state index is 0.00511. The van der Waals surface area contributed by atoms with E-state index in [0.717, 1.165) is 12.8 Å². The lowest BCUT2D eigenvalue weighted by Crippen LogP contribution is -2.44. The quantitative estimate of drug-likeness (QED) is 0.698. The van der Waals surface area contributed by atoms with Crippen molar-refractivity contribution in [3.05, 3.63) is 0 Å². The number of ether oxygens (including phenoxy) is 1. The predicted octanol–water partition coefficient (Wildman–Crippen LogP) is 0.324. The normalized spacial score (nSPS) is 18.3. The standard InChI is InChI=1S/C13H24N2O4/c1-10(9-14-2)13(18)15-6-3-11(4-7-15)19-8-5-12(16)17/h10-11,14H,3-9H2,1-2H3,(H,16,17). The number of nitrogens with zero attached hydrogens (tertiary/aromatic N) is 1. The molecule has 1 rings (SSSR count). The molecule has 0 radical (unpaired) electrons. The van der Waals surface area contributed by atoms with E-state index in [-0.39, 0.29) is 31.0 Å². The molecular weight excluding hydrogens is 248 g/mol. The molecule has 19 heavy (non-hydrogen) atoms. The highest BCUT2D eigenvalue weighted by Gasteiger charge is 2.25. The van der Waals surface area contributed by atoms with Gasteiger partial charge in [-0.25, -0.2) is 0 Å². The van der Waals surface area contributed by atoms with E-state index in [4.69, 9.17) is 9.84 Å². The van der Waals surface area contributed by atoms with Crippen molar-refractivity contribution in [2.75, 3.05) is 33.3 Å². The molecule has 1 atom stereocenters. The summed E-state index contributed by atoms with van der Waals surface area (Å²) < 4.78 is 5.50. The summed E-state index contributed by atoms with van der Waals surface area (Å²) in [4.78, 5) is 24.3.